The maximum atomic E-state index is 13.0. The van der Waals surface area contributed by atoms with Crippen LogP contribution in [-0.4, -0.2) is 10.8 Å². The first-order chi connectivity index (χ1) is 13.9. The Bertz CT molecular complexity index is 1160. The highest BCUT2D eigenvalue weighted by Gasteiger charge is 2.15. The van der Waals surface area contributed by atoms with E-state index in [-0.39, 0.29) is 17.0 Å². The van der Waals surface area contributed by atoms with Crippen LogP contribution in [0.4, 0.5) is 15.8 Å². The molecule has 3 aromatic rings. The molecular formula is C21H14FN3O4. The molecule has 1 N–H and O–H groups in total. The SMILES string of the molecule is Cc1ccc([N+](=O)[O-])cc1-c1ccc(/C=C(\C#N)C(=O)Nc2ccc(F)cc2)o1. The molecule has 2 aromatic carbocycles. The van der Waals surface area contributed by atoms with E-state index >= 15 is 0 Å². The van der Waals surface area contributed by atoms with Gasteiger partial charge in [-0.15, -0.1) is 0 Å². The largest absolute Gasteiger partial charge is 0.457 e. The van der Waals surface area contributed by atoms with Gasteiger partial charge >= 0.3 is 0 Å². The second kappa shape index (κ2) is 8.19. The van der Waals surface area contributed by atoms with Crippen LogP contribution in [0, 0.1) is 34.2 Å². The predicted molar refractivity (Wildman–Crippen MR) is 104 cm³/mol. The molecule has 8 heteroatoms. The van der Waals surface area contributed by atoms with E-state index in [1.54, 1.807) is 31.2 Å². The van der Waals surface area contributed by atoms with Gasteiger partial charge in [-0.2, -0.15) is 5.26 Å². The van der Waals surface area contributed by atoms with Gasteiger partial charge in [-0.1, -0.05) is 6.07 Å². The number of nitro groups is 1. The molecule has 0 fully saturated rings. The van der Waals surface area contributed by atoms with Gasteiger partial charge in [-0.3, -0.25) is 14.9 Å². The average Bonchev–Trinajstić information content (AvgIpc) is 3.16. The van der Waals surface area contributed by atoms with Gasteiger partial charge in [0.25, 0.3) is 11.6 Å². The lowest BCUT2D eigenvalue weighted by Crippen LogP contribution is -2.13. The summed E-state index contributed by atoms with van der Waals surface area (Å²) in [5, 5.41) is 22.8. The number of nitrogens with zero attached hydrogens (tertiary/aromatic N) is 2. The molecule has 0 aliphatic heterocycles. The van der Waals surface area contributed by atoms with Crippen LogP contribution in [0.3, 0.4) is 0 Å². The van der Waals surface area contributed by atoms with Gasteiger partial charge in [0, 0.05) is 29.5 Å². The molecule has 0 radical (unpaired) electrons. The number of anilines is 1. The quantitative estimate of drug-likeness (QED) is 0.289. The number of non-ortho nitro benzene ring substituents is 1. The van der Waals surface area contributed by atoms with E-state index in [9.17, 15) is 24.6 Å². The molecule has 0 spiro atoms. The van der Waals surface area contributed by atoms with Crippen LogP contribution in [-0.2, 0) is 4.79 Å². The number of carbonyl (C=O) groups is 1. The molecule has 0 saturated carbocycles. The number of halogens is 1. The summed E-state index contributed by atoms with van der Waals surface area (Å²) in [5.74, 6) is -0.521. The van der Waals surface area contributed by atoms with Crippen LogP contribution in [0.15, 0.2) is 64.6 Å². The summed E-state index contributed by atoms with van der Waals surface area (Å²) in [6.07, 6.45) is 1.26. The minimum Gasteiger partial charge on any atom is -0.457 e. The lowest BCUT2D eigenvalue weighted by Gasteiger charge is -2.04. The number of benzene rings is 2. The zero-order valence-corrected chi connectivity index (χ0v) is 15.2. The van der Waals surface area contributed by atoms with E-state index in [1.807, 2.05) is 0 Å². The predicted octanol–water partition coefficient (Wildman–Crippen LogP) is 4.85. The Balaban J connectivity index is 1.85. The second-order valence-corrected chi connectivity index (χ2v) is 6.09. The molecule has 1 aromatic heterocycles. The van der Waals surface area contributed by atoms with E-state index in [0.29, 0.717) is 17.0 Å². The third kappa shape index (κ3) is 4.54. The average molecular weight is 391 g/mol. The molecule has 1 heterocycles. The van der Waals surface area contributed by atoms with Gasteiger partial charge in [0.05, 0.1) is 4.92 Å². The Labute approximate surface area is 164 Å². The summed E-state index contributed by atoms with van der Waals surface area (Å²) in [6.45, 7) is 1.79. The number of hydrogen-bond donors (Lipinski definition) is 1. The lowest BCUT2D eigenvalue weighted by molar-refractivity contribution is -0.384. The maximum Gasteiger partial charge on any atom is 0.270 e. The number of amides is 1. The highest BCUT2D eigenvalue weighted by Crippen LogP contribution is 2.29. The van der Waals surface area contributed by atoms with Crippen molar-refractivity contribution >= 4 is 23.4 Å². The summed E-state index contributed by atoms with van der Waals surface area (Å²) < 4.78 is 18.6. The number of aryl methyl sites for hydroxylation is 1. The Morgan fingerprint density at radius 1 is 1.21 bits per heavy atom. The summed E-state index contributed by atoms with van der Waals surface area (Å²) in [6, 6.07) is 14.5. The Morgan fingerprint density at radius 2 is 1.93 bits per heavy atom. The smallest absolute Gasteiger partial charge is 0.270 e. The van der Waals surface area contributed by atoms with Crippen molar-refractivity contribution in [2.45, 2.75) is 6.92 Å². The first-order valence-electron chi connectivity index (χ1n) is 8.41. The number of nitro benzene ring substituents is 1. The van der Waals surface area contributed by atoms with Crippen LogP contribution >= 0.6 is 0 Å². The fraction of sp³-hybridized carbons (Fsp3) is 0.0476. The van der Waals surface area contributed by atoms with Crippen LogP contribution in [0.2, 0.25) is 0 Å². The lowest BCUT2D eigenvalue weighted by atomic mass is 10.1. The second-order valence-electron chi connectivity index (χ2n) is 6.09. The van der Waals surface area contributed by atoms with Crippen molar-refractivity contribution in [1.29, 1.82) is 5.26 Å². The van der Waals surface area contributed by atoms with Crippen LogP contribution < -0.4 is 5.32 Å². The van der Waals surface area contributed by atoms with E-state index < -0.39 is 16.6 Å². The number of furan rings is 1. The van der Waals surface area contributed by atoms with Gasteiger partial charge < -0.3 is 9.73 Å². The number of nitrogens with one attached hydrogen (secondary N) is 1. The monoisotopic (exact) mass is 391 g/mol. The zero-order valence-electron chi connectivity index (χ0n) is 15.2. The molecule has 0 atom stereocenters. The van der Waals surface area contributed by atoms with Crippen molar-refractivity contribution in [3.63, 3.8) is 0 Å². The van der Waals surface area contributed by atoms with Crippen molar-refractivity contribution in [1.82, 2.24) is 0 Å². The number of nitriles is 1. The van der Waals surface area contributed by atoms with Crippen molar-refractivity contribution in [2.75, 3.05) is 5.32 Å². The highest BCUT2D eigenvalue weighted by molar-refractivity contribution is 6.09. The molecule has 0 saturated heterocycles. The van der Waals surface area contributed by atoms with Crippen LogP contribution in [0.5, 0.6) is 0 Å². The Hall–Kier alpha value is -4.25. The maximum absolute atomic E-state index is 13.0. The first kappa shape index (κ1) is 19.5. The van der Waals surface area contributed by atoms with Crippen molar-refractivity contribution in [2.24, 2.45) is 0 Å². The Morgan fingerprint density at radius 3 is 2.59 bits per heavy atom. The number of carbonyl (C=O) groups excluding carboxylic acids is 1. The summed E-state index contributed by atoms with van der Waals surface area (Å²) >= 11 is 0. The molecular weight excluding hydrogens is 377 g/mol. The van der Waals surface area contributed by atoms with E-state index in [1.165, 1.54) is 42.5 Å². The van der Waals surface area contributed by atoms with Crippen molar-refractivity contribution in [3.05, 3.63) is 87.4 Å². The topological polar surface area (TPSA) is 109 Å². The van der Waals surface area contributed by atoms with Gasteiger partial charge in [-0.05, 0) is 48.9 Å². The fourth-order valence-corrected chi connectivity index (χ4v) is 2.59. The van der Waals surface area contributed by atoms with Gasteiger partial charge in [0.15, 0.2) is 0 Å². The molecule has 7 nitrogen and oxygen atoms in total. The van der Waals surface area contributed by atoms with Crippen molar-refractivity contribution < 1.29 is 18.5 Å². The minimum absolute atomic E-state index is 0.0736. The zero-order chi connectivity index (χ0) is 21.0. The molecule has 0 unspecified atom stereocenters. The molecule has 0 aliphatic rings. The molecule has 0 bridgehead atoms. The summed E-state index contributed by atoms with van der Waals surface area (Å²) in [4.78, 5) is 22.8. The molecule has 0 aliphatic carbocycles. The molecule has 1 amide bonds. The first-order valence-corrected chi connectivity index (χ1v) is 8.41. The standard InChI is InChI=1S/C21H14FN3O4/c1-13-2-7-17(25(27)28)11-19(13)20-9-8-18(29-20)10-14(12-23)21(26)24-16-5-3-15(22)4-6-16/h2-11H,1H3,(H,24,26)/b14-10+. The molecule has 3 rings (SSSR count). The number of rotatable bonds is 5. The van der Waals surface area contributed by atoms with Gasteiger partial charge in [-0.25, -0.2) is 4.39 Å². The highest BCUT2D eigenvalue weighted by atomic mass is 19.1. The fourth-order valence-electron chi connectivity index (χ4n) is 2.59. The third-order valence-electron chi connectivity index (χ3n) is 4.08. The third-order valence-corrected chi connectivity index (χ3v) is 4.08. The van der Waals surface area contributed by atoms with E-state index in [4.69, 9.17) is 4.42 Å². The van der Waals surface area contributed by atoms with E-state index in [0.717, 1.165) is 5.56 Å². The number of hydrogen-bond acceptors (Lipinski definition) is 5. The summed E-state index contributed by atoms with van der Waals surface area (Å²) in [7, 11) is 0. The summed E-state index contributed by atoms with van der Waals surface area (Å²) in [5.41, 5.74) is 1.36. The van der Waals surface area contributed by atoms with E-state index in [2.05, 4.69) is 5.32 Å². The Kier molecular flexibility index (Phi) is 5.51. The normalized spacial score (nSPS) is 11.0. The molecule has 144 valence electrons. The molecule has 29 heavy (non-hydrogen) atoms. The van der Waals surface area contributed by atoms with Crippen LogP contribution in [0.25, 0.3) is 17.4 Å². The van der Waals surface area contributed by atoms with Gasteiger partial charge in [0.1, 0.15) is 29.0 Å². The van der Waals surface area contributed by atoms with Gasteiger partial charge in [0.2, 0.25) is 0 Å². The van der Waals surface area contributed by atoms with Crippen LogP contribution in [0.1, 0.15) is 11.3 Å². The minimum atomic E-state index is -0.677. The van der Waals surface area contributed by atoms with Crippen molar-refractivity contribution in [3.8, 4) is 17.4 Å².